The monoisotopic (exact) mass is 630 g/mol. The zero-order valence-electron chi connectivity index (χ0n) is 16.7. The molecule has 2 aliphatic rings. The number of halogens is 3. The molecule has 0 radical (unpaired) electrons. The lowest BCUT2D eigenvalue weighted by Gasteiger charge is -2.30. The third-order valence-corrected chi connectivity index (χ3v) is 9.05. The number of nitrogens with one attached hydrogen (secondary N) is 2. The van der Waals surface area contributed by atoms with Crippen molar-refractivity contribution in [1.82, 2.24) is 10.6 Å². The van der Waals surface area contributed by atoms with E-state index in [2.05, 4.69) is 56.9 Å². The fraction of sp³-hybridized carbons (Fsp3) is 0.304. The van der Waals surface area contributed by atoms with Crippen molar-refractivity contribution in [2.75, 3.05) is 0 Å². The first kappa shape index (κ1) is 24.9. The number of hydrogen-bond acceptors (Lipinski definition) is 4. The van der Waals surface area contributed by atoms with Crippen molar-refractivity contribution in [2.45, 2.75) is 47.7 Å². The summed E-state index contributed by atoms with van der Waals surface area (Å²) in [5, 5.41) is 9.09. The van der Waals surface area contributed by atoms with Crippen molar-refractivity contribution in [2.24, 2.45) is 0 Å². The predicted molar refractivity (Wildman–Crippen MR) is 140 cm³/mol. The molecule has 5 rings (SSSR count). The van der Waals surface area contributed by atoms with Gasteiger partial charge in [-0.05, 0) is 59.5 Å². The second kappa shape index (κ2) is 10.0. The molecule has 0 spiro atoms. The van der Waals surface area contributed by atoms with E-state index in [0.29, 0.717) is 11.4 Å². The summed E-state index contributed by atoms with van der Waals surface area (Å²) in [5.41, 5.74) is 1.17. The Labute approximate surface area is 212 Å². The maximum absolute atomic E-state index is 13.4. The van der Waals surface area contributed by atoms with Crippen molar-refractivity contribution in [3.05, 3.63) is 76.8 Å². The number of rotatable bonds is 5. The van der Waals surface area contributed by atoms with Crippen molar-refractivity contribution >= 4 is 70.5 Å². The Morgan fingerprint density at radius 3 is 2.32 bits per heavy atom. The predicted octanol–water partition coefficient (Wildman–Crippen LogP) is 5.19. The van der Waals surface area contributed by atoms with Gasteiger partial charge in [0.2, 0.25) is 0 Å². The largest absolute Gasteiger partial charge is 0.308 e. The standard InChI is InChI=1S/C23H23BrN2O2S.2BrH/c24-18-7-9-19(10-8-18)29(27,28)23-21-12-11-20(26-21)22(23)25-14-15-5-6-16-3-1-2-4-17(16)13-15;;/h1-10,13,20-23,25-26H,11-12,14H2;2*1H/t20-,21+,22-,23-;;/m1../s1. The minimum Gasteiger partial charge on any atom is -0.308 e. The molecule has 31 heavy (non-hydrogen) atoms. The summed E-state index contributed by atoms with van der Waals surface area (Å²) >= 11 is 3.39. The van der Waals surface area contributed by atoms with E-state index in [-0.39, 0.29) is 52.1 Å². The summed E-state index contributed by atoms with van der Waals surface area (Å²) in [6, 6.07) is 21.8. The van der Waals surface area contributed by atoms with Gasteiger partial charge in [-0.3, -0.25) is 0 Å². The summed E-state index contributed by atoms with van der Waals surface area (Å²) in [5.74, 6) is 0. The maximum Gasteiger partial charge on any atom is 0.184 e. The van der Waals surface area contributed by atoms with Crippen LogP contribution < -0.4 is 10.6 Å². The Hall–Kier alpha value is -0.770. The quantitative estimate of drug-likeness (QED) is 0.407. The summed E-state index contributed by atoms with van der Waals surface area (Å²) < 4.78 is 27.8. The Balaban J connectivity index is 0.00000136. The third-order valence-electron chi connectivity index (χ3n) is 6.26. The zero-order chi connectivity index (χ0) is 20.0. The summed E-state index contributed by atoms with van der Waals surface area (Å²) in [7, 11) is -3.42. The van der Waals surface area contributed by atoms with Crippen molar-refractivity contribution < 1.29 is 8.42 Å². The SMILES string of the molecule is Br.Br.O=S(=O)(c1ccc(Br)cc1)[C@H]1[C@H](NCc2ccc3ccccc3c2)[C@H]2CC[C@@H]1N2. The first-order chi connectivity index (χ1) is 14.0. The van der Waals surface area contributed by atoms with E-state index in [9.17, 15) is 8.42 Å². The highest BCUT2D eigenvalue weighted by Crippen LogP contribution is 2.36. The molecule has 3 aromatic carbocycles. The van der Waals surface area contributed by atoms with Crippen LogP contribution in [-0.4, -0.2) is 31.8 Å². The second-order valence-corrected chi connectivity index (χ2v) is 11.0. The van der Waals surface area contributed by atoms with Crippen LogP contribution >= 0.6 is 49.9 Å². The lowest BCUT2D eigenvalue weighted by molar-refractivity contribution is 0.409. The molecule has 2 fully saturated rings. The van der Waals surface area contributed by atoms with Crippen LogP contribution in [0.4, 0.5) is 0 Å². The van der Waals surface area contributed by atoms with Gasteiger partial charge in [-0.2, -0.15) is 0 Å². The molecule has 2 N–H and O–H groups in total. The van der Waals surface area contributed by atoms with Crippen LogP contribution in [0, 0.1) is 0 Å². The minimum absolute atomic E-state index is 0. The Bertz CT molecular complexity index is 1150. The van der Waals surface area contributed by atoms with Crippen LogP contribution in [0.25, 0.3) is 10.8 Å². The lowest BCUT2D eigenvalue weighted by Crippen LogP contribution is -2.50. The Morgan fingerprint density at radius 1 is 0.903 bits per heavy atom. The third kappa shape index (κ3) is 4.80. The molecule has 0 aliphatic carbocycles. The van der Waals surface area contributed by atoms with Crippen LogP contribution in [0.3, 0.4) is 0 Å². The molecule has 0 unspecified atom stereocenters. The number of benzene rings is 3. The fourth-order valence-corrected chi connectivity index (χ4v) is 7.27. The van der Waals surface area contributed by atoms with Crippen LogP contribution in [0.15, 0.2) is 76.1 Å². The van der Waals surface area contributed by atoms with Gasteiger partial charge in [-0.25, -0.2) is 8.42 Å². The van der Waals surface area contributed by atoms with Gasteiger partial charge in [0.05, 0.1) is 10.1 Å². The highest BCUT2D eigenvalue weighted by atomic mass is 79.9. The van der Waals surface area contributed by atoms with Gasteiger partial charge in [-0.1, -0.05) is 52.3 Å². The molecule has 0 aromatic heterocycles. The van der Waals surface area contributed by atoms with Gasteiger partial charge in [0.15, 0.2) is 9.84 Å². The summed E-state index contributed by atoms with van der Waals surface area (Å²) in [6.07, 6.45) is 1.94. The molecule has 0 amide bonds. The molecule has 4 nitrogen and oxygen atoms in total. The van der Waals surface area contributed by atoms with Crippen molar-refractivity contribution in [3.8, 4) is 0 Å². The highest BCUT2D eigenvalue weighted by Gasteiger charge is 2.53. The van der Waals surface area contributed by atoms with E-state index in [1.54, 1.807) is 24.3 Å². The van der Waals surface area contributed by atoms with Gasteiger partial charge >= 0.3 is 0 Å². The number of hydrogen-bond donors (Lipinski definition) is 2. The first-order valence-corrected chi connectivity index (χ1v) is 12.3. The number of fused-ring (bicyclic) bond motifs is 3. The van der Waals surface area contributed by atoms with E-state index < -0.39 is 15.1 Å². The normalized spacial score (nSPS) is 24.5. The minimum atomic E-state index is -3.42. The van der Waals surface area contributed by atoms with Gasteiger partial charge in [0.25, 0.3) is 0 Å². The number of sulfone groups is 1. The smallest absolute Gasteiger partial charge is 0.184 e. The lowest BCUT2D eigenvalue weighted by atomic mass is 9.94. The van der Waals surface area contributed by atoms with Gasteiger partial charge in [0.1, 0.15) is 0 Å². The highest BCUT2D eigenvalue weighted by molar-refractivity contribution is 9.10. The van der Waals surface area contributed by atoms with Crippen LogP contribution in [0.2, 0.25) is 0 Å². The summed E-state index contributed by atoms with van der Waals surface area (Å²) in [6.45, 7) is 0.659. The average Bonchev–Trinajstić information content (AvgIpc) is 3.34. The summed E-state index contributed by atoms with van der Waals surface area (Å²) in [4.78, 5) is 0.401. The molecule has 2 heterocycles. The van der Waals surface area contributed by atoms with Crippen LogP contribution in [0.1, 0.15) is 18.4 Å². The second-order valence-electron chi connectivity index (χ2n) is 8.01. The van der Waals surface area contributed by atoms with Crippen LogP contribution in [-0.2, 0) is 16.4 Å². The molecular weight excluding hydrogens is 608 g/mol. The van der Waals surface area contributed by atoms with Crippen molar-refractivity contribution in [3.63, 3.8) is 0 Å². The van der Waals surface area contributed by atoms with Crippen molar-refractivity contribution in [1.29, 1.82) is 0 Å². The van der Waals surface area contributed by atoms with Gasteiger partial charge in [-0.15, -0.1) is 34.0 Å². The van der Waals surface area contributed by atoms with Gasteiger partial charge < -0.3 is 10.6 Å². The van der Waals surface area contributed by atoms with E-state index in [0.717, 1.165) is 17.3 Å². The first-order valence-electron chi connectivity index (χ1n) is 9.99. The molecule has 2 aliphatic heterocycles. The molecule has 3 aromatic rings. The molecule has 166 valence electrons. The molecular formula is C23H25Br3N2O2S. The van der Waals surface area contributed by atoms with Crippen LogP contribution in [0.5, 0.6) is 0 Å². The topological polar surface area (TPSA) is 58.2 Å². The van der Waals surface area contributed by atoms with E-state index in [1.807, 2.05) is 12.1 Å². The molecule has 4 atom stereocenters. The average molecular weight is 633 g/mol. The molecule has 2 bridgehead atoms. The molecule has 8 heteroatoms. The fourth-order valence-electron chi connectivity index (χ4n) is 4.86. The Kier molecular flexibility index (Phi) is 8.03. The zero-order valence-corrected chi connectivity index (χ0v) is 22.5. The van der Waals surface area contributed by atoms with Gasteiger partial charge in [0, 0.05) is 29.1 Å². The Morgan fingerprint density at radius 2 is 1.58 bits per heavy atom. The maximum atomic E-state index is 13.4. The molecule has 0 saturated carbocycles. The van der Waals surface area contributed by atoms with E-state index in [4.69, 9.17) is 0 Å². The van der Waals surface area contributed by atoms with E-state index in [1.165, 1.54) is 16.3 Å². The molecule has 2 saturated heterocycles. The van der Waals surface area contributed by atoms with E-state index >= 15 is 0 Å².